The van der Waals surface area contributed by atoms with Crippen LogP contribution in [-0.2, 0) is 16.0 Å². The van der Waals surface area contributed by atoms with Crippen molar-refractivity contribution in [1.82, 2.24) is 9.88 Å². The molecule has 2 aromatic carbocycles. The van der Waals surface area contributed by atoms with Gasteiger partial charge in [0.15, 0.2) is 5.11 Å². The van der Waals surface area contributed by atoms with Crippen LogP contribution in [0.15, 0.2) is 79.0 Å². The van der Waals surface area contributed by atoms with Gasteiger partial charge in [-0.05, 0) is 60.7 Å². The Hall–Kier alpha value is -3.78. The minimum atomic E-state index is -0.695. The van der Waals surface area contributed by atoms with Crippen molar-refractivity contribution in [2.45, 2.75) is 18.9 Å². The summed E-state index contributed by atoms with van der Waals surface area (Å²) in [6.07, 6.45) is 2.32. The SMILES string of the molecule is COc1ccc(NC(=O)C[C@@H]2C(=O)N(c3ccccc3)C(=S)N2CCc2ccccn2)cc1. The van der Waals surface area contributed by atoms with Gasteiger partial charge in [0.05, 0.1) is 19.2 Å². The van der Waals surface area contributed by atoms with Crippen LogP contribution in [0.25, 0.3) is 0 Å². The maximum Gasteiger partial charge on any atom is 0.256 e. The van der Waals surface area contributed by atoms with Gasteiger partial charge in [0.1, 0.15) is 11.8 Å². The van der Waals surface area contributed by atoms with Gasteiger partial charge in [-0.3, -0.25) is 19.5 Å². The van der Waals surface area contributed by atoms with Gasteiger partial charge in [0, 0.05) is 30.5 Å². The number of para-hydroxylation sites is 1. The first-order valence-corrected chi connectivity index (χ1v) is 11.0. The Morgan fingerprint density at radius 3 is 2.45 bits per heavy atom. The van der Waals surface area contributed by atoms with E-state index >= 15 is 0 Å². The number of aromatic nitrogens is 1. The number of anilines is 2. The molecule has 1 aliphatic heterocycles. The molecule has 0 radical (unpaired) electrons. The molecular weight excluding hydrogens is 436 g/mol. The lowest BCUT2D eigenvalue weighted by molar-refractivity contribution is -0.124. The van der Waals surface area contributed by atoms with Gasteiger partial charge in [-0.1, -0.05) is 24.3 Å². The molecule has 0 aliphatic carbocycles. The van der Waals surface area contributed by atoms with Crippen molar-refractivity contribution in [2.75, 3.05) is 23.9 Å². The molecule has 168 valence electrons. The number of thiocarbonyl (C=S) groups is 1. The van der Waals surface area contributed by atoms with Crippen LogP contribution < -0.4 is 15.0 Å². The van der Waals surface area contributed by atoms with Crippen molar-refractivity contribution in [2.24, 2.45) is 0 Å². The maximum atomic E-state index is 13.4. The first kappa shape index (κ1) is 22.4. The molecule has 1 saturated heterocycles. The summed E-state index contributed by atoms with van der Waals surface area (Å²) >= 11 is 5.69. The average Bonchev–Trinajstić information content (AvgIpc) is 3.08. The Bertz CT molecular complexity index is 1120. The fourth-order valence-corrected chi connectivity index (χ4v) is 4.16. The predicted octanol–water partition coefficient (Wildman–Crippen LogP) is 3.66. The Labute approximate surface area is 198 Å². The van der Waals surface area contributed by atoms with E-state index < -0.39 is 6.04 Å². The van der Waals surface area contributed by atoms with Crippen LogP contribution in [0.4, 0.5) is 11.4 Å². The number of hydrogen-bond acceptors (Lipinski definition) is 5. The zero-order chi connectivity index (χ0) is 23.2. The van der Waals surface area contributed by atoms with Crippen molar-refractivity contribution >= 4 is 40.5 Å². The monoisotopic (exact) mass is 460 g/mol. The number of nitrogens with one attached hydrogen (secondary N) is 1. The fraction of sp³-hybridized carbons (Fsp3) is 0.200. The van der Waals surface area contributed by atoms with E-state index in [4.69, 9.17) is 17.0 Å². The van der Waals surface area contributed by atoms with E-state index in [9.17, 15) is 9.59 Å². The van der Waals surface area contributed by atoms with Crippen LogP contribution in [0.3, 0.4) is 0 Å². The van der Waals surface area contributed by atoms with Crippen LogP contribution in [0.1, 0.15) is 12.1 Å². The molecule has 2 heterocycles. The number of amides is 2. The van der Waals surface area contributed by atoms with Crippen molar-refractivity contribution < 1.29 is 14.3 Å². The second-order valence-corrected chi connectivity index (χ2v) is 7.92. The zero-order valence-corrected chi connectivity index (χ0v) is 19.0. The van der Waals surface area contributed by atoms with Crippen LogP contribution in [-0.4, -0.2) is 46.5 Å². The molecule has 7 nitrogen and oxygen atoms in total. The van der Waals surface area contributed by atoms with Gasteiger partial charge < -0.3 is 15.0 Å². The summed E-state index contributed by atoms with van der Waals surface area (Å²) in [5, 5.41) is 3.25. The molecular formula is C25H24N4O3S. The second-order valence-electron chi connectivity index (χ2n) is 7.55. The number of carbonyl (C=O) groups excluding carboxylic acids is 2. The highest BCUT2D eigenvalue weighted by atomic mass is 32.1. The first-order valence-electron chi connectivity index (χ1n) is 10.6. The largest absolute Gasteiger partial charge is 0.497 e. The summed E-state index contributed by atoms with van der Waals surface area (Å²) in [5.74, 6) is 0.222. The van der Waals surface area contributed by atoms with Crippen molar-refractivity contribution in [3.63, 3.8) is 0 Å². The summed E-state index contributed by atoms with van der Waals surface area (Å²) in [5.41, 5.74) is 2.22. The molecule has 1 atom stereocenters. The third-order valence-electron chi connectivity index (χ3n) is 5.42. The Balaban J connectivity index is 1.52. The topological polar surface area (TPSA) is 74.8 Å². The molecule has 1 aliphatic rings. The maximum absolute atomic E-state index is 13.4. The lowest BCUT2D eigenvalue weighted by atomic mass is 10.1. The number of carbonyl (C=O) groups is 2. The third-order valence-corrected chi connectivity index (χ3v) is 5.84. The van der Waals surface area contributed by atoms with Crippen LogP contribution >= 0.6 is 12.2 Å². The third kappa shape index (κ3) is 5.18. The molecule has 2 amide bonds. The molecule has 1 fully saturated rings. The van der Waals surface area contributed by atoms with Gasteiger partial charge in [0.25, 0.3) is 5.91 Å². The lowest BCUT2D eigenvalue weighted by Crippen LogP contribution is -2.39. The van der Waals surface area contributed by atoms with Crippen LogP contribution in [0, 0.1) is 0 Å². The number of rotatable bonds is 8. The number of hydrogen-bond donors (Lipinski definition) is 1. The number of ether oxygens (including phenoxy) is 1. The van der Waals surface area contributed by atoms with Crippen molar-refractivity contribution in [3.05, 3.63) is 84.7 Å². The van der Waals surface area contributed by atoms with Gasteiger partial charge in [-0.25, -0.2) is 0 Å². The number of nitrogens with zero attached hydrogens (tertiary/aromatic N) is 3. The highest BCUT2D eigenvalue weighted by Crippen LogP contribution is 2.27. The molecule has 0 unspecified atom stereocenters. The van der Waals surface area contributed by atoms with E-state index in [2.05, 4.69) is 10.3 Å². The molecule has 8 heteroatoms. The number of benzene rings is 2. The normalized spacial score (nSPS) is 15.6. The van der Waals surface area contributed by atoms with E-state index in [-0.39, 0.29) is 18.2 Å². The van der Waals surface area contributed by atoms with Crippen LogP contribution in [0.5, 0.6) is 5.75 Å². The second kappa shape index (κ2) is 10.2. The number of methoxy groups -OCH3 is 1. The van der Waals surface area contributed by atoms with Gasteiger partial charge in [-0.15, -0.1) is 0 Å². The molecule has 4 rings (SSSR count). The molecule has 0 spiro atoms. The highest BCUT2D eigenvalue weighted by Gasteiger charge is 2.43. The zero-order valence-electron chi connectivity index (χ0n) is 18.2. The highest BCUT2D eigenvalue weighted by molar-refractivity contribution is 7.80. The quantitative estimate of drug-likeness (QED) is 0.517. The molecule has 3 aromatic rings. The molecule has 1 N–H and O–H groups in total. The first-order chi connectivity index (χ1) is 16.1. The van der Waals surface area contributed by atoms with Gasteiger partial charge in [-0.2, -0.15) is 0 Å². The van der Waals surface area contributed by atoms with E-state index in [0.717, 1.165) is 5.69 Å². The Kier molecular flexibility index (Phi) is 6.95. The van der Waals surface area contributed by atoms with Crippen LogP contribution in [0.2, 0.25) is 0 Å². The molecule has 1 aromatic heterocycles. The molecule has 0 bridgehead atoms. The van der Waals surface area contributed by atoms with E-state index in [1.54, 1.807) is 37.6 Å². The summed E-state index contributed by atoms with van der Waals surface area (Å²) in [4.78, 5) is 33.9. The Morgan fingerprint density at radius 2 is 1.79 bits per heavy atom. The van der Waals surface area contributed by atoms with E-state index in [0.29, 0.717) is 35.2 Å². The Morgan fingerprint density at radius 1 is 1.06 bits per heavy atom. The molecule has 33 heavy (non-hydrogen) atoms. The minimum absolute atomic E-state index is 0.0173. The summed E-state index contributed by atoms with van der Waals surface area (Å²) in [6.45, 7) is 0.478. The summed E-state index contributed by atoms with van der Waals surface area (Å²) in [7, 11) is 1.58. The van der Waals surface area contributed by atoms with Crippen molar-refractivity contribution in [3.8, 4) is 5.75 Å². The van der Waals surface area contributed by atoms with Crippen molar-refractivity contribution in [1.29, 1.82) is 0 Å². The number of pyridine rings is 1. The average molecular weight is 461 g/mol. The predicted molar refractivity (Wildman–Crippen MR) is 131 cm³/mol. The minimum Gasteiger partial charge on any atom is -0.497 e. The summed E-state index contributed by atoms with van der Waals surface area (Å²) < 4.78 is 5.15. The van der Waals surface area contributed by atoms with E-state index in [1.165, 1.54) is 4.90 Å². The smallest absolute Gasteiger partial charge is 0.256 e. The van der Waals surface area contributed by atoms with Gasteiger partial charge >= 0.3 is 0 Å². The van der Waals surface area contributed by atoms with E-state index in [1.807, 2.05) is 53.4 Å². The summed E-state index contributed by atoms with van der Waals surface area (Å²) in [6, 6.07) is 21.3. The van der Waals surface area contributed by atoms with Gasteiger partial charge in [0.2, 0.25) is 5.91 Å². The fourth-order valence-electron chi connectivity index (χ4n) is 3.75. The standard InChI is InChI=1S/C25H24N4O3S/c1-32-21-12-10-19(11-13-21)27-23(30)17-22-24(31)29(20-8-3-2-4-9-20)25(33)28(22)16-14-18-7-5-6-15-26-18/h2-13,15,22H,14,16-17H2,1H3,(H,27,30)/t22-/m1/s1. The molecule has 0 saturated carbocycles. The lowest BCUT2D eigenvalue weighted by Gasteiger charge is -2.23.